The van der Waals surface area contributed by atoms with Gasteiger partial charge in [-0.05, 0) is 6.92 Å². The Kier molecular flexibility index (Phi) is 8.35. The van der Waals surface area contributed by atoms with E-state index in [9.17, 15) is 29.1 Å². The molecule has 0 saturated carbocycles. The average molecular weight is 349 g/mol. The number of nitrogens with two attached hydrogens (primary N) is 1. The maximum atomic E-state index is 12.0. The minimum Gasteiger partial charge on any atom is -0.481 e. The molecule has 2 amide bonds. The van der Waals surface area contributed by atoms with Crippen LogP contribution in [-0.2, 0) is 24.0 Å². The molecule has 0 aliphatic heterocycles. The lowest BCUT2D eigenvalue weighted by molar-refractivity contribution is -0.148. The van der Waals surface area contributed by atoms with Gasteiger partial charge in [-0.2, -0.15) is 0 Å². The molecule has 8 N–H and O–H groups in total. The van der Waals surface area contributed by atoms with E-state index in [1.54, 1.807) is 0 Å². The van der Waals surface area contributed by atoms with Gasteiger partial charge in [-0.25, -0.2) is 4.79 Å². The van der Waals surface area contributed by atoms with E-state index in [0.29, 0.717) is 0 Å². The molecule has 136 valence electrons. The number of carbonyl (C=O) groups excluding carboxylic acids is 2. The van der Waals surface area contributed by atoms with Crippen LogP contribution in [0.1, 0.15) is 19.8 Å². The number of aliphatic carboxylic acids is 3. The molecule has 0 aliphatic carbocycles. The SMILES string of the molecule is CC(O)C(N)C(=O)NC(CC(=O)O)C(=O)NC(CC(=O)O)C(=O)O. The summed E-state index contributed by atoms with van der Waals surface area (Å²) < 4.78 is 0. The third-order valence-corrected chi connectivity index (χ3v) is 2.83. The van der Waals surface area contributed by atoms with Gasteiger partial charge in [-0.15, -0.1) is 0 Å². The predicted molar refractivity (Wildman–Crippen MR) is 75.7 cm³/mol. The molecule has 0 saturated heterocycles. The minimum atomic E-state index is -1.81. The van der Waals surface area contributed by atoms with Crippen LogP contribution in [-0.4, -0.2) is 74.4 Å². The number of aliphatic hydroxyl groups is 1. The van der Waals surface area contributed by atoms with Crippen molar-refractivity contribution in [2.24, 2.45) is 5.73 Å². The Morgan fingerprint density at radius 3 is 1.67 bits per heavy atom. The van der Waals surface area contributed by atoms with E-state index in [4.69, 9.17) is 21.1 Å². The van der Waals surface area contributed by atoms with Crippen LogP contribution < -0.4 is 16.4 Å². The van der Waals surface area contributed by atoms with Crippen LogP contribution in [0, 0.1) is 0 Å². The molecule has 24 heavy (non-hydrogen) atoms. The molecule has 0 aromatic rings. The van der Waals surface area contributed by atoms with Crippen LogP contribution in [0.2, 0.25) is 0 Å². The van der Waals surface area contributed by atoms with Crippen molar-refractivity contribution in [3.8, 4) is 0 Å². The number of aliphatic hydroxyl groups excluding tert-OH is 1. The van der Waals surface area contributed by atoms with Gasteiger partial charge in [0.15, 0.2) is 0 Å². The Hall–Kier alpha value is -2.73. The monoisotopic (exact) mass is 349 g/mol. The zero-order valence-corrected chi connectivity index (χ0v) is 12.6. The van der Waals surface area contributed by atoms with E-state index < -0.39 is 66.8 Å². The summed E-state index contributed by atoms with van der Waals surface area (Å²) in [6.07, 6.45) is -3.12. The molecule has 0 heterocycles. The largest absolute Gasteiger partial charge is 0.481 e. The summed E-state index contributed by atoms with van der Waals surface area (Å²) >= 11 is 0. The molecule has 0 rings (SSSR count). The number of carbonyl (C=O) groups is 5. The maximum Gasteiger partial charge on any atom is 0.326 e. The smallest absolute Gasteiger partial charge is 0.326 e. The Bertz CT molecular complexity index is 520. The average Bonchev–Trinajstić information content (AvgIpc) is 2.43. The van der Waals surface area contributed by atoms with E-state index >= 15 is 0 Å². The lowest BCUT2D eigenvalue weighted by atomic mass is 10.1. The molecule has 0 fully saturated rings. The number of carboxylic acids is 3. The molecule has 0 radical (unpaired) electrons. The summed E-state index contributed by atoms with van der Waals surface area (Å²) in [5.74, 6) is -6.87. The highest BCUT2D eigenvalue weighted by Gasteiger charge is 2.31. The second-order valence-corrected chi connectivity index (χ2v) is 4.92. The molecular weight excluding hydrogens is 330 g/mol. The van der Waals surface area contributed by atoms with Gasteiger partial charge in [0.25, 0.3) is 0 Å². The van der Waals surface area contributed by atoms with Gasteiger partial charge in [-0.3, -0.25) is 19.2 Å². The fraction of sp³-hybridized carbons (Fsp3) is 0.583. The third-order valence-electron chi connectivity index (χ3n) is 2.83. The summed E-state index contributed by atoms with van der Waals surface area (Å²) in [6, 6.07) is -4.95. The van der Waals surface area contributed by atoms with Crippen LogP contribution in [0.25, 0.3) is 0 Å². The van der Waals surface area contributed by atoms with Crippen molar-refractivity contribution in [2.45, 2.75) is 44.0 Å². The van der Waals surface area contributed by atoms with Crippen LogP contribution in [0.4, 0.5) is 0 Å². The van der Waals surface area contributed by atoms with E-state index in [-0.39, 0.29) is 0 Å². The topological polar surface area (TPSA) is 216 Å². The van der Waals surface area contributed by atoms with Gasteiger partial charge in [0, 0.05) is 0 Å². The van der Waals surface area contributed by atoms with Gasteiger partial charge in [-0.1, -0.05) is 0 Å². The van der Waals surface area contributed by atoms with Gasteiger partial charge in [0.05, 0.1) is 18.9 Å². The Morgan fingerprint density at radius 2 is 1.29 bits per heavy atom. The molecule has 4 atom stereocenters. The standard InChI is InChI=1S/C12H19N3O9/c1-4(16)9(13)11(22)14-5(2-7(17)18)10(21)15-6(12(23)24)3-8(19)20/h4-6,9,16H,2-3,13H2,1H3,(H,14,22)(H,15,21)(H,17,18)(H,19,20)(H,23,24). The lowest BCUT2D eigenvalue weighted by Crippen LogP contribution is -2.57. The Labute approximate surface area is 135 Å². The van der Waals surface area contributed by atoms with E-state index in [1.807, 2.05) is 10.6 Å². The highest BCUT2D eigenvalue weighted by atomic mass is 16.4. The van der Waals surface area contributed by atoms with Crippen LogP contribution >= 0.6 is 0 Å². The first-order valence-electron chi connectivity index (χ1n) is 6.66. The van der Waals surface area contributed by atoms with Crippen molar-refractivity contribution in [1.29, 1.82) is 0 Å². The van der Waals surface area contributed by atoms with Crippen LogP contribution in [0.15, 0.2) is 0 Å². The molecule has 0 bridgehead atoms. The zero-order valence-electron chi connectivity index (χ0n) is 12.6. The molecular formula is C12H19N3O9. The van der Waals surface area contributed by atoms with Crippen LogP contribution in [0.5, 0.6) is 0 Å². The molecule has 0 spiro atoms. The fourth-order valence-electron chi connectivity index (χ4n) is 1.52. The highest BCUT2D eigenvalue weighted by molar-refractivity contribution is 5.94. The molecule has 4 unspecified atom stereocenters. The molecule has 12 nitrogen and oxygen atoms in total. The number of amides is 2. The zero-order chi connectivity index (χ0) is 19.0. The molecule has 0 aromatic carbocycles. The first-order chi connectivity index (χ1) is 11.0. The second kappa shape index (κ2) is 9.42. The summed E-state index contributed by atoms with van der Waals surface area (Å²) in [4.78, 5) is 55.9. The maximum absolute atomic E-state index is 12.0. The molecule has 12 heteroatoms. The lowest BCUT2D eigenvalue weighted by Gasteiger charge is -2.22. The molecule has 0 aromatic heterocycles. The number of hydrogen-bond donors (Lipinski definition) is 7. The van der Waals surface area contributed by atoms with Crippen molar-refractivity contribution in [2.75, 3.05) is 0 Å². The van der Waals surface area contributed by atoms with E-state index in [1.165, 1.54) is 6.92 Å². The van der Waals surface area contributed by atoms with Crippen molar-refractivity contribution >= 4 is 29.7 Å². The predicted octanol–water partition coefficient (Wildman–Crippen LogP) is -3.30. The number of rotatable bonds is 10. The number of carboxylic acid groups (broad SMARTS) is 3. The minimum absolute atomic E-state index is 0.899. The first-order valence-corrected chi connectivity index (χ1v) is 6.66. The summed E-state index contributed by atoms with van der Waals surface area (Å²) in [5.41, 5.74) is 5.34. The Balaban J connectivity index is 5.11. The second-order valence-electron chi connectivity index (χ2n) is 4.92. The normalized spacial score (nSPS) is 15.5. The van der Waals surface area contributed by atoms with Crippen molar-refractivity contribution in [3.05, 3.63) is 0 Å². The summed E-state index contributed by atoms with van der Waals surface area (Å²) in [7, 11) is 0. The van der Waals surface area contributed by atoms with Gasteiger partial charge >= 0.3 is 17.9 Å². The van der Waals surface area contributed by atoms with E-state index in [0.717, 1.165) is 0 Å². The Morgan fingerprint density at radius 1 is 0.875 bits per heavy atom. The third kappa shape index (κ3) is 7.51. The fourth-order valence-corrected chi connectivity index (χ4v) is 1.52. The molecule has 0 aliphatic rings. The van der Waals surface area contributed by atoms with Gasteiger partial charge in [0.1, 0.15) is 18.1 Å². The number of hydrogen-bond acceptors (Lipinski definition) is 7. The van der Waals surface area contributed by atoms with Gasteiger partial charge < -0.3 is 36.8 Å². The quantitative estimate of drug-likeness (QED) is 0.208. The number of nitrogens with one attached hydrogen (secondary N) is 2. The summed E-state index contributed by atoms with van der Waals surface area (Å²) in [6.45, 7) is 1.20. The van der Waals surface area contributed by atoms with Crippen LogP contribution in [0.3, 0.4) is 0 Å². The summed E-state index contributed by atoms with van der Waals surface area (Å²) in [5, 5.41) is 39.2. The van der Waals surface area contributed by atoms with Crippen molar-refractivity contribution < 1.29 is 44.4 Å². The highest BCUT2D eigenvalue weighted by Crippen LogP contribution is 2.00. The van der Waals surface area contributed by atoms with Crippen molar-refractivity contribution in [3.63, 3.8) is 0 Å². The van der Waals surface area contributed by atoms with Crippen molar-refractivity contribution in [1.82, 2.24) is 10.6 Å². The van der Waals surface area contributed by atoms with E-state index in [2.05, 4.69) is 0 Å². The van der Waals surface area contributed by atoms with Gasteiger partial charge in [0.2, 0.25) is 11.8 Å². The first kappa shape index (κ1) is 21.3.